The zero-order chi connectivity index (χ0) is 57.5. The molecule has 6 N–H and O–H groups in total. The molecule has 0 spiro atoms. The van der Waals surface area contributed by atoms with Crippen molar-refractivity contribution in [2.24, 2.45) is 0 Å². The van der Waals surface area contributed by atoms with Crippen molar-refractivity contribution in [1.82, 2.24) is 5.32 Å². The lowest BCUT2D eigenvalue weighted by molar-refractivity contribution is -0.305. The highest BCUT2D eigenvalue weighted by molar-refractivity contribution is 5.80. The van der Waals surface area contributed by atoms with Crippen LogP contribution in [-0.2, 0) is 23.8 Å². The number of allylic oxidation sites excluding steroid dienone is 17. The second-order valence-corrected chi connectivity index (χ2v) is 21.4. The molecule has 0 saturated carbocycles. The molecule has 79 heavy (non-hydrogen) atoms. The summed E-state index contributed by atoms with van der Waals surface area (Å²) in [4.78, 5) is 26.6. The Morgan fingerprint density at radius 3 is 1.39 bits per heavy atom. The monoisotopic (exact) mass is 1110 g/mol. The molecule has 1 fully saturated rings. The number of aliphatic hydroxyl groups excluding tert-OH is 5. The molecule has 11 heteroatoms. The molecule has 8 atom stereocenters. The van der Waals surface area contributed by atoms with Crippen LogP contribution in [0.15, 0.2) is 109 Å². The van der Waals surface area contributed by atoms with E-state index in [-0.39, 0.29) is 19.4 Å². The third-order valence-electron chi connectivity index (χ3n) is 14.2. The summed E-state index contributed by atoms with van der Waals surface area (Å²) in [5.41, 5.74) is 0. The SMILES string of the molecule is CC/C=C\C/C=C\C/C=C\C/C=C\C/C=C\CCCCCCCCCC(=O)OC1C(OCC(NC(=O)C(O)CCCCC/C=C\C/C=C\C/C=C\CCCCC)C(O)/C=C/CCCCCCCCCCC)OC(CO)C(O)C1O. The lowest BCUT2D eigenvalue weighted by Gasteiger charge is -2.41. The highest BCUT2D eigenvalue weighted by atomic mass is 16.7. The van der Waals surface area contributed by atoms with Crippen molar-refractivity contribution in [1.29, 1.82) is 0 Å². The summed E-state index contributed by atoms with van der Waals surface area (Å²) in [6.07, 6.45) is 64.1. The number of carbonyl (C=O) groups is 2. The predicted octanol–water partition coefficient (Wildman–Crippen LogP) is 15.3. The molecule has 1 aliphatic rings. The normalized spacial score (nSPS) is 19.6. The topological polar surface area (TPSA) is 175 Å². The Morgan fingerprint density at radius 2 is 0.911 bits per heavy atom. The van der Waals surface area contributed by atoms with Crippen LogP contribution < -0.4 is 5.32 Å². The Labute approximate surface area is 481 Å². The van der Waals surface area contributed by atoms with Gasteiger partial charge in [0.2, 0.25) is 5.91 Å². The number of rotatable bonds is 52. The minimum atomic E-state index is -1.63. The molecule has 11 nitrogen and oxygen atoms in total. The van der Waals surface area contributed by atoms with Gasteiger partial charge < -0.3 is 45.1 Å². The second kappa shape index (κ2) is 54.9. The largest absolute Gasteiger partial charge is 0.454 e. The van der Waals surface area contributed by atoms with Gasteiger partial charge >= 0.3 is 5.97 Å². The van der Waals surface area contributed by atoms with Gasteiger partial charge in [0.05, 0.1) is 25.4 Å². The molecule has 452 valence electrons. The predicted molar refractivity (Wildman–Crippen MR) is 328 cm³/mol. The van der Waals surface area contributed by atoms with Crippen LogP contribution in [0.3, 0.4) is 0 Å². The van der Waals surface area contributed by atoms with Gasteiger partial charge in [-0.3, -0.25) is 9.59 Å². The maximum Gasteiger partial charge on any atom is 0.306 e. The fourth-order valence-electron chi connectivity index (χ4n) is 9.15. The first-order valence-corrected chi connectivity index (χ1v) is 31.7. The Bertz CT molecular complexity index is 1700. The number of unbranched alkanes of at least 4 members (excludes halogenated alkanes) is 22. The molecule has 1 rings (SSSR count). The van der Waals surface area contributed by atoms with Crippen LogP contribution >= 0.6 is 0 Å². The van der Waals surface area contributed by atoms with Crippen molar-refractivity contribution in [2.45, 2.75) is 294 Å². The van der Waals surface area contributed by atoms with Crippen LogP contribution in [0.4, 0.5) is 0 Å². The number of hydrogen-bond donors (Lipinski definition) is 6. The summed E-state index contributed by atoms with van der Waals surface area (Å²) in [5.74, 6) is -1.24. The third kappa shape index (κ3) is 42.8. The molecule has 8 unspecified atom stereocenters. The van der Waals surface area contributed by atoms with Gasteiger partial charge in [-0.15, -0.1) is 0 Å². The van der Waals surface area contributed by atoms with Crippen LogP contribution in [0, 0.1) is 0 Å². The van der Waals surface area contributed by atoms with Gasteiger partial charge in [-0.25, -0.2) is 0 Å². The molecule has 1 amide bonds. The van der Waals surface area contributed by atoms with E-state index in [2.05, 4.69) is 123 Å². The number of aliphatic hydroxyl groups is 5. The molecule has 0 aliphatic carbocycles. The summed E-state index contributed by atoms with van der Waals surface area (Å²) in [7, 11) is 0. The van der Waals surface area contributed by atoms with Crippen molar-refractivity contribution in [3.63, 3.8) is 0 Å². The summed E-state index contributed by atoms with van der Waals surface area (Å²) >= 11 is 0. The van der Waals surface area contributed by atoms with E-state index in [1.807, 2.05) is 6.08 Å². The molecular formula is C68H115NO10. The molecule has 1 saturated heterocycles. The average molecular weight is 1110 g/mol. The van der Waals surface area contributed by atoms with Gasteiger partial charge in [-0.2, -0.15) is 0 Å². The van der Waals surface area contributed by atoms with Gasteiger partial charge in [0.1, 0.15) is 24.4 Å². The zero-order valence-corrected chi connectivity index (χ0v) is 50.0. The maximum atomic E-state index is 13.4. The standard InChI is InChI=1S/C68H115NO10/c1-4-7-10-13-16-19-22-24-26-28-29-30-31-32-33-34-36-38-41-44-47-50-53-56-63(73)79-66-65(75)64(74)62(57-70)78-68(66)77-58-59(60(71)54-51-48-45-42-39-21-18-15-12-9-6-3)69-67(76)61(72)55-52-49-46-43-40-37-35-27-25-23-20-17-14-11-8-5-2/h7,10,16-17,19-20,24-27,29-30,32-33,37,40,51,54,59-62,64-66,68,70-72,74-75H,4-6,8-9,11-15,18,21-23,28,31,34-36,38-39,41-50,52-53,55-58H2,1-3H3,(H,69,76)/b10-7-,19-16-,20-17-,26-24-,27-25-,30-29-,33-32-,40-37-,54-51+. The summed E-state index contributed by atoms with van der Waals surface area (Å²) in [6, 6.07) is -1.04. The fourth-order valence-corrected chi connectivity index (χ4v) is 9.15. The molecular weight excluding hydrogens is 991 g/mol. The Hall–Kier alpha value is -3.68. The van der Waals surface area contributed by atoms with E-state index in [9.17, 15) is 35.1 Å². The van der Waals surface area contributed by atoms with E-state index in [1.165, 1.54) is 57.8 Å². The number of amides is 1. The highest BCUT2D eigenvalue weighted by Crippen LogP contribution is 2.26. The average Bonchev–Trinajstić information content (AvgIpc) is 3.47. The van der Waals surface area contributed by atoms with Gasteiger partial charge in [-0.05, 0) is 109 Å². The fraction of sp³-hybridized carbons (Fsp3) is 0.706. The summed E-state index contributed by atoms with van der Waals surface area (Å²) < 4.78 is 17.6. The van der Waals surface area contributed by atoms with Gasteiger partial charge in [0.25, 0.3) is 0 Å². The van der Waals surface area contributed by atoms with Gasteiger partial charge in [0.15, 0.2) is 12.4 Å². The first-order valence-electron chi connectivity index (χ1n) is 31.7. The van der Waals surface area contributed by atoms with Gasteiger partial charge in [-0.1, -0.05) is 239 Å². The lowest BCUT2D eigenvalue weighted by Crippen LogP contribution is -2.61. The summed E-state index contributed by atoms with van der Waals surface area (Å²) in [6.45, 7) is 5.61. The Kier molecular flexibility index (Phi) is 50.9. The first-order chi connectivity index (χ1) is 38.7. The number of ether oxygens (including phenoxy) is 3. The maximum absolute atomic E-state index is 13.4. The van der Waals surface area contributed by atoms with Crippen LogP contribution in [0.5, 0.6) is 0 Å². The first kappa shape index (κ1) is 73.3. The van der Waals surface area contributed by atoms with E-state index >= 15 is 0 Å². The van der Waals surface area contributed by atoms with Gasteiger partial charge in [0, 0.05) is 6.42 Å². The second-order valence-electron chi connectivity index (χ2n) is 21.4. The van der Waals surface area contributed by atoms with Crippen molar-refractivity contribution in [2.75, 3.05) is 13.2 Å². The Balaban J connectivity index is 2.66. The molecule has 1 aliphatic heterocycles. The van der Waals surface area contributed by atoms with E-state index in [0.717, 1.165) is 141 Å². The van der Waals surface area contributed by atoms with Crippen LogP contribution in [0.1, 0.15) is 245 Å². The minimum absolute atomic E-state index is 0.102. The summed E-state index contributed by atoms with van der Waals surface area (Å²) in [5, 5.41) is 57.0. The van der Waals surface area contributed by atoms with E-state index in [4.69, 9.17) is 14.2 Å². The van der Waals surface area contributed by atoms with Crippen LogP contribution in [0.2, 0.25) is 0 Å². The number of esters is 1. The minimum Gasteiger partial charge on any atom is -0.454 e. The smallest absolute Gasteiger partial charge is 0.306 e. The zero-order valence-electron chi connectivity index (χ0n) is 50.0. The van der Waals surface area contributed by atoms with Crippen LogP contribution in [-0.4, -0.2) is 99.6 Å². The highest BCUT2D eigenvalue weighted by Gasteiger charge is 2.47. The van der Waals surface area contributed by atoms with Crippen molar-refractivity contribution in [3.8, 4) is 0 Å². The molecule has 1 heterocycles. The molecule has 0 aromatic carbocycles. The quantitative estimate of drug-likeness (QED) is 0.0195. The number of hydrogen-bond acceptors (Lipinski definition) is 10. The van der Waals surface area contributed by atoms with E-state index < -0.39 is 67.4 Å². The van der Waals surface area contributed by atoms with Crippen molar-refractivity contribution >= 4 is 11.9 Å². The van der Waals surface area contributed by atoms with E-state index in [0.29, 0.717) is 12.8 Å². The third-order valence-corrected chi connectivity index (χ3v) is 14.2. The van der Waals surface area contributed by atoms with Crippen molar-refractivity contribution < 1.29 is 49.3 Å². The Morgan fingerprint density at radius 1 is 0.506 bits per heavy atom. The van der Waals surface area contributed by atoms with Crippen LogP contribution in [0.25, 0.3) is 0 Å². The molecule has 0 bridgehead atoms. The van der Waals surface area contributed by atoms with Crippen molar-refractivity contribution in [3.05, 3.63) is 109 Å². The lowest BCUT2D eigenvalue weighted by atomic mass is 9.99. The van der Waals surface area contributed by atoms with E-state index in [1.54, 1.807) is 6.08 Å². The number of nitrogens with one attached hydrogen (secondary N) is 1. The molecule has 0 radical (unpaired) electrons. The molecule has 0 aromatic heterocycles. The molecule has 0 aromatic rings. The number of carbonyl (C=O) groups excluding carboxylic acids is 2.